The fourth-order valence-electron chi connectivity index (χ4n) is 3.33. The van der Waals surface area contributed by atoms with Gasteiger partial charge in [0.15, 0.2) is 0 Å². The van der Waals surface area contributed by atoms with E-state index in [-0.39, 0.29) is 5.91 Å². The normalized spacial score (nSPS) is 11.0. The number of pyridine rings is 1. The molecule has 0 spiro atoms. The number of aryl methyl sites for hydroxylation is 1. The molecule has 0 saturated heterocycles. The summed E-state index contributed by atoms with van der Waals surface area (Å²) >= 11 is 0. The maximum atomic E-state index is 12.6. The lowest BCUT2D eigenvalue weighted by Crippen LogP contribution is -2.11. The molecule has 160 valence electrons. The number of hydrogen-bond donors (Lipinski definition) is 1. The van der Waals surface area contributed by atoms with Gasteiger partial charge in [-0.15, -0.1) is 0 Å². The van der Waals surface area contributed by atoms with Crippen molar-refractivity contribution in [2.75, 3.05) is 5.32 Å². The first-order valence-corrected chi connectivity index (χ1v) is 10.1. The fourth-order valence-corrected chi connectivity index (χ4v) is 3.33. The topological polar surface area (TPSA) is 91.3 Å². The van der Waals surface area contributed by atoms with Crippen molar-refractivity contribution in [1.29, 1.82) is 0 Å². The number of aromatic nitrogens is 6. The Hall–Kier alpha value is -4.40. The van der Waals surface area contributed by atoms with E-state index in [1.807, 2.05) is 52.8 Å². The highest BCUT2D eigenvalue weighted by Crippen LogP contribution is 2.16. The van der Waals surface area contributed by atoms with Gasteiger partial charge in [0, 0.05) is 43.6 Å². The Kier molecular flexibility index (Phi) is 5.12. The second-order valence-electron chi connectivity index (χ2n) is 7.35. The van der Waals surface area contributed by atoms with Crippen LogP contribution in [0.25, 0.3) is 5.65 Å². The number of anilines is 1. The van der Waals surface area contributed by atoms with Crippen LogP contribution >= 0.6 is 0 Å². The first-order chi connectivity index (χ1) is 15.6. The van der Waals surface area contributed by atoms with Crippen LogP contribution in [0.15, 0.2) is 79.6 Å². The number of amides is 1. The zero-order valence-electron chi connectivity index (χ0n) is 17.4. The summed E-state index contributed by atoms with van der Waals surface area (Å²) in [5.41, 5.74) is 2.92. The minimum Gasteiger partial charge on any atom is -0.486 e. The molecule has 9 nitrogen and oxygen atoms in total. The maximum Gasteiger partial charge on any atom is 0.255 e. The molecule has 0 aliphatic heterocycles. The van der Waals surface area contributed by atoms with Gasteiger partial charge in [0.1, 0.15) is 23.8 Å². The highest BCUT2D eigenvalue weighted by Gasteiger charge is 2.10. The van der Waals surface area contributed by atoms with Crippen LogP contribution in [0.4, 0.5) is 5.69 Å². The van der Waals surface area contributed by atoms with Gasteiger partial charge >= 0.3 is 0 Å². The van der Waals surface area contributed by atoms with Crippen molar-refractivity contribution >= 4 is 17.2 Å². The van der Waals surface area contributed by atoms with Crippen molar-refractivity contribution in [3.05, 3.63) is 96.7 Å². The predicted molar refractivity (Wildman–Crippen MR) is 118 cm³/mol. The van der Waals surface area contributed by atoms with E-state index in [9.17, 15) is 4.79 Å². The molecular formula is C23H21N7O2. The smallest absolute Gasteiger partial charge is 0.255 e. The molecule has 1 N–H and O–H groups in total. The summed E-state index contributed by atoms with van der Waals surface area (Å²) in [6, 6.07) is 12.9. The van der Waals surface area contributed by atoms with Crippen molar-refractivity contribution in [3.63, 3.8) is 0 Å². The number of imidazole rings is 2. The largest absolute Gasteiger partial charge is 0.486 e. The Bertz CT molecular complexity index is 1330. The molecule has 0 bridgehead atoms. The highest BCUT2D eigenvalue weighted by atomic mass is 16.5. The Morgan fingerprint density at radius 2 is 1.97 bits per heavy atom. The fraction of sp³-hybridized carbons (Fsp3) is 0.130. The molecule has 0 fully saturated rings. The van der Waals surface area contributed by atoms with Gasteiger partial charge in [-0.25, -0.2) is 9.97 Å². The lowest BCUT2D eigenvalue weighted by molar-refractivity contribution is 0.102. The van der Waals surface area contributed by atoms with Gasteiger partial charge in [-0.3, -0.25) is 9.48 Å². The van der Waals surface area contributed by atoms with E-state index in [1.165, 1.54) is 0 Å². The van der Waals surface area contributed by atoms with Gasteiger partial charge in [0.05, 0.1) is 24.1 Å². The molecule has 1 amide bonds. The molecule has 32 heavy (non-hydrogen) atoms. The SMILES string of the molecule is Cn1ccnc1COc1ccc(C(=O)Nc2cnn(Cc3cn4ccccc4n3)c2)cc1. The Morgan fingerprint density at radius 1 is 1.09 bits per heavy atom. The van der Waals surface area contributed by atoms with Gasteiger partial charge in [0.25, 0.3) is 5.91 Å². The van der Waals surface area contributed by atoms with E-state index >= 15 is 0 Å². The quantitative estimate of drug-likeness (QED) is 0.431. The van der Waals surface area contributed by atoms with Crippen LogP contribution < -0.4 is 10.1 Å². The van der Waals surface area contributed by atoms with Crippen molar-refractivity contribution in [2.45, 2.75) is 13.2 Å². The van der Waals surface area contributed by atoms with Crippen LogP contribution in [0.2, 0.25) is 0 Å². The zero-order valence-corrected chi connectivity index (χ0v) is 17.4. The number of hydrogen-bond acceptors (Lipinski definition) is 5. The number of nitrogens with one attached hydrogen (secondary N) is 1. The van der Waals surface area contributed by atoms with Gasteiger partial charge in [-0.1, -0.05) is 6.07 Å². The molecule has 0 aliphatic rings. The van der Waals surface area contributed by atoms with E-state index in [2.05, 4.69) is 20.4 Å². The Balaban J connectivity index is 1.18. The average molecular weight is 427 g/mol. The minimum absolute atomic E-state index is 0.215. The lowest BCUT2D eigenvalue weighted by atomic mass is 10.2. The summed E-state index contributed by atoms with van der Waals surface area (Å²) in [7, 11) is 1.92. The summed E-state index contributed by atoms with van der Waals surface area (Å²) in [6.07, 6.45) is 10.9. The van der Waals surface area contributed by atoms with Crippen LogP contribution in [0, 0.1) is 0 Å². The average Bonchev–Trinajstić information content (AvgIpc) is 3.52. The molecule has 4 aromatic heterocycles. The number of ether oxygens (including phenoxy) is 1. The minimum atomic E-state index is -0.215. The maximum absolute atomic E-state index is 12.6. The second kappa shape index (κ2) is 8.38. The Morgan fingerprint density at radius 3 is 2.75 bits per heavy atom. The zero-order chi connectivity index (χ0) is 21.9. The van der Waals surface area contributed by atoms with E-state index in [4.69, 9.17) is 4.74 Å². The second-order valence-corrected chi connectivity index (χ2v) is 7.35. The van der Waals surface area contributed by atoms with Crippen LogP contribution in [0.3, 0.4) is 0 Å². The third kappa shape index (κ3) is 4.22. The first-order valence-electron chi connectivity index (χ1n) is 10.1. The van der Waals surface area contributed by atoms with E-state index in [0.717, 1.165) is 17.2 Å². The summed E-state index contributed by atoms with van der Waals surface area (Å²) in [5.74, 6) is 1.28. The van der Waals surface area contributed by atoms with E-state index in [0.29, 0.717) is 30.2 Å². The molecule has 9 heteroatoms. The summed E-state index contributed by atoms with van der Waals surface area (Å²) in [5, 5.41) is 7.19. The lowest BCUT2D eigenvalue weighted by Gasteiger charge is -2.07. The van der Waals surface area contributed by atoms with E-state index in [1.54, 1.807) is 47.5 Å². The van der Waals surface area contributed by atoms with Crippen LogP contribution in [0.1, 0.15) is 21.9 Å². The predicted octanol–water partition coefficient (Wildman–Crippen LogP) is 3.14. The molecule has 5 rings (SSSR count). The number of benzene rings is 1. The third-order valence-electron chi connectivity index (χ3n) is 5.03. The highest BCUT2D eigenvalue weighted by molar-refractivity contribution is 6.04. The standard InChI is InChI=1S/C23H21N7O2/c1-28-11-9-24-22(28)16-32-20-7-5-17(6-8-20)23(31)27-18-12-25-30(14-18)15-19-13-29-10-3-2-4-21(29)26-19/h2-14H,15-16H2,1H3,(H,27,31). The van der Waals surface area contributed by atoms with E-state index < -0.39 is 0 Å². The Labute approximate surface area is 183 Å². The van der Waals surface area contributed by atoms with Crippen molar-refractivity contribution < 1.29 is 9.53 Å². The molecule has 5 aromatic rings. The molecular weight excluding hydrogens is 406 g/mol. The summed E-state index contributed by atoms with van der Waals surface area (Å²) in [4.78, 5) is 21.4. The molecule has 1 aromatic carbocycles. The van der Waals surface area contributed by atoms with Crippen LogP contribution in [-0.4, -0.2) is 34.6 Å². The van der Waals surface area contributed by atoms with Crippen molar-refractivity contribution in [1.82, 2.24) is 28.7 Å². The first kappa shape index (κ1) is 19.6. The summed E-state index contributed by atoms with van der Waals surface area (Å²) < 4.78 is 11.3. The number of carbonyl (C=O) groups excluding carboxylic acids is 1. The van der Waals surface area contributed by atoms with Gasteiger partial charge in [-0.05, 0) is 36.4 Å². The van der Waals surface area contributed by atoms with Gasteiger partial charge in [0.2, 0.25) is 0 Å². The molecule has 0 aliphatic carbocycles. The molecule has 0 unspecified atom stereocenters. The molecule has 0 radical (unpaired) electrons. The number of nitrogens with zero attached hydrogens (tertiary/aromatic N) is 6. The molecule has 0 saturated carbocycles. The van der Waals surface area contributed by atoms with Crippen LogP contribution in [0.5, 0.6) is 5.75 Å². The van der Waals surface area contributed by atoms with Crippen LogP contribution in [-0.2, 0) is 20.2 Å². The molecule has 0 atom stereocenters. The number of fused-ring (bicyclic) bond motifs is 1. The van der Waals surface area contributed by atoms with Gasteiger partial charge in [-0.2, -0.15) is 5.10 Å². The van der Waals surface area contributed by atoms with Crippen molar-refractivity contribution in [2.24, 2.45) is 7.05 Å². The molecule has 4 heterocycles. The third-order valence-corrected chi connectivity index (χ3v) is 5.03. The number of carbonyl (C=O) groups is 1. The van der Waals surface area contributed by atoms with Gasteiger partial charge < -0.3 is 19.0 Å². The monoisotopic (exact) mass is 427 g/mol. The number of rotatable bonds is 7. The van der Waals surface area contributed by atoms with Crippen molar-refractivity contribution in [3.8, 4) is 5.75 Å². The summed E-state index contributed by atoms with van der Waals surface area (Å²) in [6.45, 7) is 0.875.